The molecule has 3 rings (SSSR count). The average molecular weight is 439 g/mol. The Morgan fingerprint density at radius 3 is 2.81 bits per heavy atom. The molecule has 0 radical (unpaired) electrons. The Labute approximate surface area is 192 Å². The average Bonchev–Trinajstić information content (AvgIpc) is 3.20. The van der Waals surface area contributed by atoms with Crippen LogP contribution in [0.2, 0.25) is 0 Å². The lowest BCUT2D eigenvalue weighted by atomic mass is 9.79. The van der Waals surface area contributed by atoms with Gasteiger partial charge in [-0.15, -0.1) is 0 Å². The van der Waals surface area contributed by atoms with Crippen molar-refractivity contribution in [2.75, 3.05) is 20.2 Å². The van der Waals surface area contributed by atoms with Gasteiger partial charge in [0.15, 0.2) is 0 Å². The smallest absolute Gasteiger partial charge is 0.409 e. The number of hydrogen-bond donors (Lipinski definition) is 0. The van der Waals surface area contributed by atoms with E-state index in [4.69, 9.17) is 4.74 Å². The Morgan fingerprint density at radius 2 is 2.12 bits per heavy atom. The molecule has 0 N–H and O–H groups in total. The van der Waals surface area contributed by atoms with E-state index in [0.29, 0.717) is 17.4 Å². The molecule has 0 spiro atoms. The van der Waals surface area contributed by atoms with E-state index in [2.05, 4.69) is 36.4 Å². The molecule has 174 valence electrons. The number of ether oxygens (including phenoxy) is 1. The highest BCUT2D eigenvalue weighted by Crippen LogP contribution is 2.34. The number of carbonyl (C=O) groups is 1. The Bertz CT molecular complexity index is 947. The number of aromatic nitrogens is 2. The summed E-state index contributed by atoms with van der Waals surface area (Å²) in [6.45, 7) is 9.15. The van der Waals surface area contributed by atoms with E-state index in [-0.39, 0.29) is 11.5 Å². The number of nitrogens with zero attached hydrogens (tertiary/aromatic N) is 4. The van der Waals surface area contributed by atoms with Gasteiger partial charge in [-0.1, -0.05) is 33.6 Å². The van der Waals surface area contributed by atoms with Crippen LogP contribution >= 0.6 is 0 Å². The first kappa shape index (κ1) is 24.1. The third-order valence-corrected chi connectivity index (χ3v) is 7.29. The van der Waals surface area contributed by atoms with E-state index >= 15 is 0 Å². The molecule has 32 heavy (non-hydrogen) atoms. The standard InChI is InChI=1S/C26H38N4O2/c1-5-12-26(3,6-2)18-29(25(31)32-4)16-21-8-7-9-22(13-21)17-30-19-28-23-11-10-20(15-27)14-24(23)30/h10-11,14,19,21-22H,5-9,12-13,16-18H2,1-4H3. The van der Waals surface area contributed by atoms with Gasteiger partial charge in [0.2, 0.25) is 0 Å². The van der Waals surface area contributed by atoms with Gasteiger partial charge < -0.3 is 14.2 Å². The predicted molar refractivity (Wildman–Crippen MR) is 127 cm³/mol. The van der Waals surface area contributed by atoms with Crippen molar-refractivity contribution >= 4 is 17.1 Å². The van der Waals surface area contributed by atoms with Crippen molar-refractivity contribution in [3.05, 3.63) is 30.1 Å². The quantitative estimate of drug-likeness (QED) is 0.481. The molecule has 3 unspecified atom stereocenters. The van der Waals surface area contributed by atoms with Crippen LogP contribution in [0.5, 0.6) is 0 Å². The second kappa shape index (κ2) is 10.8. The van der Waals surface area contributed by atoms with Crippen LogP contribution in [0.25, 0.3) is 11.0 Å². The number of rotatable bonds is 9. The minimum Gasteiger partial charge on any atom is -0.453 e. The number of benzene rings is 1. The molecule has 0 saturated heterocycles. The topological polar surface area (TPSA) is 71.2 Å². The van der Waals surface area contributed by atoms with Crippen molar-refractivity contribution < 1.29 is 9.53 Å². The second-order valence-electron chi connectivity index (χ2n) is 9.88. The summed E-state index contributed by atoms with van der Waals surface area (Å²) >= 11 is 0. The van der Waals surface area contributed by atoms with E-state index in [9.17, 15) is 10.1 Å². The van der Waals surface area contributed by atoms with Crippen molar-refractivity contribution in [2.45, 2.75) is 72.3 Å². The summed E-state index contributed by atoms with van der Waals surface area (Å²) in [5.41, 5.74) is 2.76. The normalized spacial score (nSPS) is 20.5. The molecule has 1 saturated carbocycles. The fourth-order valence-corrected chi connectivity index (χ4v) is 5.36. The van der Waals surface area contributed by atoms with Crippen molar-refractivity contribution in [3.8, 4) is 6.07 Å². The fourth-order valence-electron chi connectivity index (χ4n) is 5.36. The molecule has 1 aromatic heterocycles. The van der Waals surface area contributed by atoms with E-state index in [1.165, 1.54) is 20.0 Å². The molecule has 2 aromatic rings. The number of nitriles is 1. The van der Waals surface area contributed by atoms with Crippen LogP contribution in [0.3, 0.4) is 0 Å². The minimum atomic E-state index is -0.201. The van der Waals surface area contributed by atoms with Crippen LogP contribution in [0.1, 0.15) is 71.3 Å². The predicted octanol–water partition coefficient (Wildman–Crippen LogP) is 6.00. The first-order valence-electron chi connectivity index (χ1n) is 12.1. The first-order chi connectivity index (χ1) is 15.4. The van der Waals surface area contributed by atoms with E-state index in [0.717, 1.165) is 62.8 Å². The van der Waals surface area contributed by atoms with Gasteiger partial charge in [-0.2, -0.15) is 5.26 Å². The summed E-state index contributed by atoms with van der Waals surface area (Å²) in [7, 11) is 1.49. The fraction of sp³-hybridized carbons (Fsp3) is 0.654. The van der Waals surface area contributed by atoms with Gasteiger partial charge in [-0.05, 0) is 67.6 Å². The summed E-state index contributed by atoms with van der Waals surface area (Å²) in [6, 6.07) is 7.90. The number of carbonyl (C=O) groups excluding carboxylic acids is 1. The van der Waals surface area contributed by atoms with Crippen molar-refractivity contribution in [1.29, 1.82) is 5.26 Å². The summed E-state index contributed by atoms with van der Waals surface area (Å²) in [6.07, 6.45) is 9.61. The molecule has 1 fully saturated rings. The summed E-state index contributed by atoms with van der Waals surface area (Å²) < 4.78 is 7.34. The monoisotopic (exact) mass is 438 g/mol. The molecule has 3 atom stereocenters. The first-order valence-corrected chi connectivity index (χ1v) is 12.1. The maximum atomic E-state index is 12.6. The number of hydrogen-bond acceptors (Lipinski definition) is 4. The SMILES string of the molecule is CCCC(C)(CC)CN(CC1CCCC(Cn2cnc3ccc(C#N)cc32)C1)C(=O)OC. The number of fused-ring (bicyclic) bond motifs is 1. The van der Waals surface area contributed by atoms with Crippen LogP contribution in [-0.4, -0.2) is 40.7 Å². The van der Waals surface area contributed by atoms with Gasteiger partial charge in [0.05, 0.1) is 36.1 Å². The number of amides is 1. The molecule has 0 aliphatic heterocycles. The molecular weight excluding hydrogens is 400 g/mol. The largest absolute Gasteiger partial charge is 0.453 e. The van der Waals surface area contributed by atoms with Gasteiger partial charge in [0, 0.05) is 19.6 Å². The van der Waals surface area contributed by atoms with Crippen molar-refractivity contribution in [3.63, 3.8) is 0 Å². The van der Waals surface area contributed by atoms with E-state index < -0.39 is 0 Å². The van der Waals surface area contributed by atoms with Crippen LogP contribution in [0, 0.1) is 28.6 Å². The lowest BCUT2D eigenvalue weighted by Gasteiger charge is -2.38. The van der Waals surface area contributed by atoms with Gasteiger partial charge in [-0.25, -0.2) is 9.78 Å². The number of methoxy groups -OCH3 is 1. The van der Waals surface area contributed by atoms with E-state index in [1.807, 2.05) is 29.4 Å². The molecule has 1 aromatic carbocycles. The molecule has 1 heterocycles. The number of imidazole rings is 1. The van der Waals surface area contributed by atoms with Gasteiger partial charge in [0.1, 0.15) is 0 Å². The molecule has 6 heteroatoms. The Hall–Kier alpha value is -2.55. The lowest BCUT2D eigenvalue weighted by Crippen LogP contribution is -2.43. The zero-order chi connectivity index (χ0) is 23.1. The molecule has 1 aliphatic rings. The van der Waals surface area contributed by atoms with Crippen molar-refractivity contribution in [1.82, 2.24) is 14.5 Å². The highest BCUT2D eigenvalue weighted by Gasteiger charge is 2.31. The Kier molecular flexibility index (Phi) is 8.17. The maximum absolute atomic E-state index is 12.6. The molecule has 0 bridgehead atoms. The van der Waals surface area contributed by atoms with Crippen molar-refractivity contribution in [2.24, 2.45) is 17.3 Å². The summed E-state index contributed by atoms with van der Waals surface area (Å²) in [4.78, 5) is 19.1. The van der Waals surface area contributed by atoms with Gasteiger partial charge in [0.25, 0.3) is 0 Å². The molecule has 6 nitrogen and oxygen atoms in total. The van der Waals surface area contributed by atoms with Gasteiger partial charge in [-0.3, -0.25) is 0 Å². The van der Waals surface area contributed by atoms with Crippen LogP contribution in [0.4, 0.5) is 4.79 Å². The Morgan fingerprint density at radius 1 is 1.34 bits per heavy atom. The minimum absolute atomic E-state index is 0.130. The van der Waals surface area contributed by atoms with Crippen LogP contribution < -0.4 is 0 Å². The molecule has 1 aliphatic carbocycles. The highest BCUT2D eigenvalue weighted by atomic mass is 16.5. The van der Waals surface area contributed by atoms with Crippen LogP contribution in [-0.2, 0) is 11.3 Å². The van der Waals surface area contributed by atoms with Gasteiger partial charge >= 0.3 is 6.09 Å². The lowest BCUT2D eigenvalue weighted by molar-refractivity contribution is 0.0788. The summed E-state index contributed by atoms with van der Waals surface area (Å²) in [5, 5.41) is 9.24. The third kappa shape index (κ3) is 5.82. The Balaban J connectivity index is 1.68. The third-order valence-electron chi connectivity index (χ3n) is 7.29. The zero-order valence-electron chi connectivity index (χ0n) is 20.1. The van der Waals surface area contributed by atoms with Crippen LogP contribution in [0.15, 0.2) is 24.5 Å². The highest BCUT2D eigenvalue weighted by molar-refractivity contribution is 5.77. The second-order valence-corrected chi connectivity index (χ2v) is 9.88. The molecule has 1 amide bonds. The summed E-state index contributed by atoms with van der Waals surface area (Å²) in [5.74, 6) is 1.03. The molecular formula is C26H38N4O2. The van der Waals surface area contributed by atoms with E-state index in [1.54, 1.807) is 0 Å². The maximum Gasteiger partial charge on any atom is 0.409 e. The zero-order valence-corrected chi connectivity index (χ0v) is 20.1.